The van der Waals surface area contributed by atoms with Crippen LogP contribution in [-0.4, -0.2) is 23.0 Å². The molecule has 0 bridgehead atoms. The van der Waals surface area contributed by atoms with Crippen LogP contribution in [0.15, 0.2) is 12.7 Å². The number of hydrogen-bond acceptors (Lipinski definition) is 2. The lowest BCUT2D eigenvalue weighted by Gasteiger charge is -2.10. The number of thioether (sulfide) groups is 1. The van der Waals surface area contributed by atoms with Crippen molar-refractivity contribution in [2.75, 3.05) is 5.75 Å². The minimum Gasteiger partial charge on any atom is -0.350 e. The van der Waals surface area contributed by atoms with Gasteiger partial charge in [-0.05, 0) is 31.1 Å². The van der Waals surface area contributed by atoms with Crippen molar-refractivity contribution < 1.29 is 4.79 Å². The number of nitrogens with one attached hydrogen (secondary N) is 1. The molecule has 1 N–H and O–H groups in total. The van der Waals surface area contributed by atoms with Gasteiger partial charge in [0, 0.05) is 11.3 Å². The summed E-state index contributed by atoms with van der Waals surface area (Å²) < 4.78 is 0. The fourth-order valence-electron chi connectivity index (χ4n) is 1.72. The molecule has 1 rings (SSSR count). The molecule has 1 fully saturated rings. The lowest BCUT2D eigenvalue weighted by atomic mass is 10.2. The summed E-state index contributed by atoms with van der Waals surface area (Å²) in [5, 5.41) is 3.70. The third-order valence-corrected chi connectivity index (χ3v) is 3.55. The van der Waals surface area contributed by atoms with Crippen LogP contribution in [0.2, 0.25) is 0 Å². The summed E-state index contributed by atoms with van der Waals surface area (Å²) >= 11 is 2.00. The Morgan fingerprint density at radius 3 is 3.08 bits per heavy atom. The molecule has 13 heavy (non-hydrogen) atoms. The number of carbonyl (C=O) groups excluding carboxylic acids is 1. The Bertz CT molecular complexity index is 193. The minimum absolute atomic E-state index is 0.0350. The topological polar surface area (TPSA) is 29.1 Å². The fraction of sp³-hybridized carbons (Fsp3) is 0.700. The SMILES string of the molecule is C=CC(=O)NC1CCC(SCC)C1. The van der Waals surface area contributed by atoms with E-state index in [1.807, 2.05) is 11.8 Å². The summed E-state index contributed by atoms with van der Waals surface area (Å²) in [6, 6.07) is 0.384. The molecular formula is C10H17NOS. The number of rotatable bonds is 4. The van der Waals surface area contributed by atoms with Crippen molar-refractivity contribution in [1.29, 1.82) is 0 Å². The highest BCUT2D eigenvalue weighted by atomic mass is 32.2. The molecule has 0 saturated heterocycles. The lowest BCUT2D eigenvalue weighted by Crippen LogP contribution is -2.31. The molecule has 0 aliphatic heterocycles. The maximum absolute atomic E-state index is 11.0. The molecule has 0 spiro atoms. The summed E-state index contributed by atoms with van der Waals surface area (Å²) in [6.45, 7) is 5.62. The van der Waals surface area contributed by atoms with Gasteiger partial charge in [-0.2, -0.15) is 11.8 Å². The van der Waals surface area contributed by atoms with Crippen LogP contribution in [0.3, 0.4) is 0 Å². The van der Waals surface area contributed by atoms with Crippen LogP contribution in [0.25, 0.3) is 0 Å². The van der Waals surface area contributed by atoms with Gasteiger partial charge >= 0.3 is 0 Å². The zero-order chi connectivity index (χ0) is 9.68. The number of carbonyl (C=O) groups is 1. The molecule has 1 aliphatic rings. The molecule has 0 aromatic carbocycles. The van der Waals surface area contributed by atoms with Gasteiger partial charge in [0.05, 0.1) is 0 Å². The maximum Gasteiger partial charge on any atom is 0.243 e. The van der Waals surface area contributed by atoms with Crippen molar-refractivity contribution in [3.63, 3.8) is 0 Å². The van der Waals surface area contributed by atoms with Gasteiger partial charge in [-0.15, -0.1) is 0 Å². The first-order chi connectivity index (χ1) is 6.26. The Labute approximate surface area is 84.2 Å². The van der Waals surface area contributed by atoms with E-state index < -0.39 is 0 Å². The predicted octanol–water partition coefficient (Wildman–Crippen LogP) is 1.96. The molecular weight excluding hydrogens is 182 g/mol. The first kappa shape index (κ1) is 10.6. The molecule has 1 amide bonds. The van der Waals surface area contributed by atoms with Gasteiger partial charge in [0.1, 0.15) is 0 Å². The van der Waals surface area contributed by atoms with Crippen LogP contribution in [0, 0.1) is 0 Å². The van der Waals surface area contributed by atoms with Gasteiger partial charge in [0.15, 0.2) is 0 Å². The average Bonchev–Trinajstić information content (AvgIpc) is 2.53. The van der Waals surface area contributed by atoms with Crippen LogP contribution in [0.1, 0.15) is 26.2 Å². The third kappa shape index (κ3) is 3.43. The van der Waals surface area contributed by atoms with E-state index in [1.165, 1.54) is 18.2 Å². The molecule has 0 aromatic heterocycles. The normalized spacial score (nSPS) is 27.2. The maximum atomic E-state index is 11.0. The highest BCUT2D eigenvalue weighted by Gasteiger charge is 2.24. The molecule has 2 atom stereocenters. The predicted molar refractivity (Wildman–Crippen MR) is 57.9 cm³/mol. The van der Waals surface area contributed by atoms with E-state index in [2.05, 4.69) is 18.8 Å². The highest BCUT2D eigenvalue weighted by molar-refractivity contribution is 7.99. The monoisotopic (exact) mass is 199 g/mol. The van der Waals surface area contributed by atoms with E-state index >= 15 is 0 Å². The van der Waals surface area contributed by atoms with Crippen LogP contribution < -0.4 is 5.32 Å². The second-order valence-corrected chi connectivity index (χ2v) is 4.88. The average molecular weight is 199 g/mol. The highest BCUT2D eigenvalue weighted by Crippen LogP contribution is 2.29. The van der Waals surface area contributed by atoms with Crippen LogP contribution in [0.5, 0.6) is 0 Å². The van der Waals surface area contributed by atoms with Crippen molar-refractivity contribution in [3.8, 4) is 0 Å². The van der Waals surface area contributed by atoms with Crippen molar-refractivity contribution in [1.82, 2.24) is 5.32 Å². The molecule has 74 valence electrons. The molecule has 0 aromatic rings. The summed E-state index contributed by atoms with van der Waals surface area (Å²) in [5.41, 5.74) is 0. The Kier molecular flexibility index (Phi) is 4.36. The molecule has 1 aliphatic carbocycles. The van der Waals surface area contributed by atoms with Gasteiger partial charge in [0.2, 0.25) is 5.91 Å². The zero-order valence-corrected chi connectivity index (χ0v) is 8.90. The first-order valence-corrected chi connectivity index (χ1v) is 5.85. The van der Waals surface area contributed by atoms with Gasteiger partial charge in [0.25, 0.3) is 0 Å². The van der Waals surface area contributed by atoms with E-state index in [9.17, 15) is 4.79 Å². The second-order valence-electron chi connectivity index (χ2n) is 3.30. The third-order valence-electron chi connectivity index (χ3n) is 2.32. The van der Waals surface area contributed by atoms with Crippen molar-refractivity contribution in [3.05, 3.63) is 12.7 Å². The lowest BCUT2D eigenvalue weighted by molar-refractivity contribution is -0.117. The summed E-state index contributed by atoms with van der Waals surface area (Å²) in [5.74, 6) is 1.14. The second kappa shape index (κ2) is 5.32. The van der Waals surface area contributed by atoms with Gasteiger partial charge in [-0.3, -0.25) is 4.79 Å². The van der Waals surface area contributed by atoms with Gasteiger partial charge in [-0.1, -0.05) is 13.5 Å². The summed E-state index contributed by atoms with van der Waals surface area (Å²) in [4.78, 5) is 11.0. The molecule has 3 heteroatoms. The quantitative estimate of drug-likeness (QED) is 0.701. The van der Waals surface area contributed by atoms with E-state index in [-0.39, 0.29) is 5.91 Å². The Hall–Kier alpha value is -0.440. The summed E-state index contributed by atoms with van der Waals surface area (Å²) in [6.07, 6.45) is 4.83. The van der Waals surface area contributed by atoms with E-state index in [1.54, 1.807) is 0 Å². The van der Waals surface area contributed by atoms with Crippen molar-refractivity contribution in [2.45, 2.75) is 37.5 Å². The molecule has 0 heterocycles. The Morgan fingerprint density at radius 2 is 2.46 bits per heavy atom. The van der Waals surface area contributed by atoms with Crippen LogP contribution in [-0.2, 0) is 4.79 Å². The molecule has 2 unspecified atom stereocenters. The molecule has 1 saturated carbocycles. The minimum atomic E-state index is -0.0350. The van der Waals surface area contributed by atoms with E-state index in [4.69, 9.17) is 0 Å². The van der Waals surface area contributed by atoms with Crippen LogP contribution >= 0.6 is 11.8 Å². The van der Waals surface area contributed by atoms with Crippen LogP contribution in [0.4, 0.5) is 0 Å². The van der Waals surface area contributed by atoms with Crippen molar-refractivity contribution >= 4 is 17.7 Å². The number of hydrogen-bond donors (Lipinski definition) is 1. The molecule has 0 radical (unpaired) electrons. The Morgan fingerprint density at radius 1 is 1.69 bits per heavy atom. The van der Waals surface area contributed by atoms with E-state index in [0.29, 0.717) is 6.04 Å². The first-order valence-electron chi connectivity index (χ1n) is 4.80. The Balaban J connectivity index is 2.24. The standard InChI is InChI=1S/C10H17NOS/c1-3-10(12)11-8-5-6-9(7-8)13-4-2/h3,8-9H,1,4-7H2,2H3,(H,11,12). The van der Waals surface area contributed by atoms with Gasteiger partial charge in [-0.25, -0.2) is 0 Å². The number of amides is 1. The van der Waals surface area contributed by atoms with Gasteiger partial charge < -0.3 is 5.32 Å². The van der Waals surface area contributed by atoms with E-state index in [0.717, 1.165) is 18.1 Å². The largest absolute Gasteiger partial charge is 0.350 e. The van der Waals surface area contributed by atoms with Crippen molar-refractivity contribution in [2.24, 2.45) is 0 Å². The zero-order valence-electron chi connectivity index (χ0n) is 8.08. The smallest absolute Gasteiger partial charge is 0.243 e. The fourth-order valence-corrected chi connectivity index (χ4v) is 2.86. The summed E-state index contributed by atoms with van der Waals surface area (Å²) in [7, 11) is 0. The molecule has 2 nitrogen and oxygen atoms in total.